The Morgan fingerprint density at radius 1 is 1.29 bits per heavy atom. The lowest BCUT2D eigenvalue weighted by molar-refractivity contribution is 0.104. The maximum absolute atomic E-state index is 13.2. The molecule has 0 radical (unpaired) electrons. The molecule has 0 bridgehead atoms. The third kappa shape index (κ3) is 2.48. The molecule has 17 heavy (non-hydrogen) atoms. The van der Waals surface area contributed by atoms with Gasteiger partial charge in [0.25, 0.3) is 0 Å². The van der Waals surface area contributed by atoms with Gasteiger partial charge in [-0.05, 0) is 53.5 Å². The van der Waals surface area contributed by atoms with Crippen LogP contribution in [-0.2, 0) is 0 Å². The van der Waals surface area contributed by atoms with E-state index >= 15 is 0 Å². The molecule has 2 aromatic rings. The Bertz CT molecular complexity index is 589. The molecular formula is C13H10BrFOS. The molecule has 4 heteroatoms. The maximum Gasteiger partial charge on any atom is 0.204 e. The SMILES string of the molecule is Cc1cc(Br)c(C(=O)c2cc(F)ccc2C)s1. The number of thiophene rings is 1. The van der Waals surface area contributed by atoms with Crippen molar-refractivity contribution < 1.29 is 9.18 Å². The molecule has 0 amide bonds. The number of rotatable bonds is 2. The molecule has 0 aliphatic rings. The molecule has 1 heterocycles. The second-order valence-electron chi connectivity index (χ2n) is 3.82. The van der Waals surface area contributed by atoms with Crippen LogP contribution >= 0.6 is 27.3 Å². The summed E-state index contributed by atoms with van der Waals surface area (Å²) >= 11 is 4.77. The first-order valence-corrected chi connectivity index (χ1v) is 6.67. The van der Waals surface area contributed by atoms with Gasteiger partial charge in [0.1, 0.15) is 5.82 Å². The molecule has 0 saturated carbocycles. The molecule has 88 valence electrons. The predicted molar refractivity (Wildman–Crippen MR) is 71.3 cm³/mol. The van der Waals surface area contributed by atoms with E-state index in [4.69, 9.17) is 0 Å². The summed E-state index contributed by atoms with van der Waals surface area (Å²) in [5.41, 5.74) is 1.21. The van der Waals surface area contributed by atoms with E-state index in [1.165, 1.54) is 23.5 Å². The summed E-state index contributed by atoms with van der Waals surface area (Å²) in [5.74, 6) is -0.518. The highest BCUT2D eigenvalue weighted by Crippen LogP contribution is 2.29. The monoisotopic (exact) mass is 312 g/mol. The van der Waals surface area contributed by atoms with Crippen molar-refractivity contribution in [3.8, 4) is 0 Å². The fraction of sp³-hybridized carbons (Fsp3) is 0.154. The Hall–Kier alpha value is -1.00. The molecule has 1 aromatic heterocycles. The van der Waals surface area contributed by atoms with Gasteiger partial charge in [-0.25, -0.2) is 4.39 Å². The van der Waals surface area contributed by atoms with Crippen molar-refractivity contribution in [3.05, 3.63) is 55.4 Å². The molecule has 2 rings (SSSR count). The molecule has 0 aliphatic heterocycles. The van der Waals surface area contributed by atoms with Crippen LogP contribution in [0.25, 0.3) is 0 Å². The summed E-state index contributed by atoms with van der Waals surface area (Å²) in [4.78, 5) is 13.9. The lowest BCUT2D eigenvalue weighted by Gasteiger charge is -2.03. The van der Waals surface area contributed by atoms with Crippen LogP contribution in [0.5, 0.6) is 0 Å². The normalized spacial score (nSPS) is 10.6. The molecule has 0 spiro atoms. The fourth-order valence-corrected chi connectivity index (χ4v) is 3.37. The largest absolute Gasteiger partial charge is 0.288 e. The van der Waals surface area contributed by atoms with Gasteiger partial charge in [-0.2, -0.15) is 0 Å². The predicted octanol–water partition coefficient (Wildman–Crippen LogP) is 4.50. The highest BCUT2D eigenvalue weighted by molar-refractivity contribution is 9.10. The Morgan fingerprint density at radius 2 is 2.00 bits per heavy atom. The van der Waals surface area contributed by atoms with Gasteiger partial charge >= 0.3 is 0 Å². The van der Waals surface area contributed by atoms with Gasteiger partial charge in [0.15, 0.2) is 0 Å². The van der Waals surface area contributed by atoms with Crippen molar-refractivity contribution in [1.29, 1.82) is 0 Å². The van der Waals surface area contributed by atoms with E-state index in [1.54, 1.807) is 13.0 Å². The van der Waals surface area contributed by atoms with Crippen molar-refractivity contribution in [2.45, 2.75) is 13.8 Å². The standard InChI is InChI=1S/C13H10BrFOS/c1-7-3-4-9(15)6-10(7)12(16)13-11(14)5-8(2)17-13/h3-6H,1-2H3. The van der Waals surface area contributed by atoms with Gasteiger partial charge in [0, 0.05) is 14.9 Å². The number of carbonyl (C=O) groups excluding carboxylic acids is 1. The Labute approximate surface area is 111 Å². The summed E-state index contributed by atoms with van der Waals surface area (Å²) in [6, 6.07) is 6.17. The average molecular weight is 313 g/mol. The maximum atomic E-state index is 13.2. The summed E-state index contributed by atoms with van der Waals surface area (Å²) in [6.07, 6.45) is 0. The first-order chi connectivity index (χ1) is 7.99. The van der Waals surface area contributed by atoms with E-state index in [9.17, 15) is 9.18 Å². The quantitative estimate of drug-likeness (QED) is 0.746. The number of hydrogen-bond acceptors (Lipinski definition) is 2. The third-order valence-corrected chi connectivity index (χ3v) is 4.40. The van der Waals surface area contributed by atoms with Crippen molar-refractivity contribution in [2.24, 2.45) is 0 Å². The van der Waals surface area contributed by atoms with Gasteiger partial charge in [-0.1, -0.05) is 6.07 Å². The molecule has 0 fully saturated rings. The molecule has 0 saturated heterocycles. The van der Waals surface area contributed by atoms with E-state index in [2.05, 4.69) is 15.9 Å². The van der Waals surface area contributed by atoms with Crippen LogP contribution in [0.1, 0.15) is 25.7 Å². The number of hydrogen-bond donors (Lipinski definition) is 0. The fourth-order valence-electron chi connectivity index (χ4n) is 1.60. The van der Waals surface area contributed by atoms with Crippen LogP contribution in [0, 0.1) is 19.7 Å². The van der Waals surface area contributed by atoms with E-state index in [1.807, 2.05) is 13.0 Å². The topological polar surface area (TPSA) is 17.1 Å². The smallest absolute Gasteiger partial charge is 0.204 e. The van der Waals surface area contributed by atoms with Crippen molar-refractivity contribution in [2.75, 3.05) is 0 Å². The van der Waals surface area contributed by atoms with E-state index < -0.39 is 0 Å². The number of ketones is 1. The summed E-state index contributed by atoms with van der Waals surface area (Å²) < 4.78 is 13.9. The zero-order valence-corrected chi connectivity index (χ0v) is 11.8. The van der Waals surface area contributed by atoms with Crippen LogP contribution in [0.3, 0.4) is 0 Å². The van der Waals surface area contributed by atoms with Crippen LogP contribution in [0.4, 0.5) is 4.39 Å². The molecule has 0 unspecified atom stereocenters. The summed E-state index contributed by atoms with van der Waals surface area (Å²) in [7, 11) is 0. The minimum absolute atomic E-state index is 0.132. The van der Waals surface area contributed by atoms with E-state index in [-0.39, 0.29) is 11.6 Å². The molecule has 1 nitrogen and oxygen atoms in total. The van der Waals surface area contributed by atoms with Gasteiger partial charge < -0.3 is 0 Å². The highest BCUT2D eigenvalue weighted by Gasteiger charge is 2.17. The highest BCUT2D eigenvalue weighted by atomic mass is 79.9. The lowest BCUT2D eigenvalue weighted by atomic mass is 10.0. The first kappa shape index (κ1) is 12.5. The lowest BCUT2D eigenvalue weighted by Crippen LogP contribution is -2.02. The van der Waals surface area contributed by atoms with Crippen LogP contribution in [0.2, 0.25) is 0 Å². The Balaban J connectivity index is 2.50. The number of aryl methyl sites for hydroxylation is 2. The summed E-state index contributed by atoms with van der Waals surface area (Å²) in [6.45, 7) is 3.74. The van der Waals surface area contributed by atoms with Crippen LogP contribution in [-0.4, -0.2) is 5.78 Å². The Kier molecular flexibility index (Phi) is 3.45. The van der Waals surface area contributed by atoms with Crippen molar-refractivity contribution in [1.82, 2.24) is 0 Å². The zero-order chi connectivity index (χ0) is 12.6. The minimum Gasteiger partial charge on any atom is -0.288 e. The van der Waals surface area contributed by atoms with Crippen molar-refractivity contribution in [3.63, 3.8) is 0 Å². The van der Waals surface area contributed by atoms with E-state index in [0.717, 1.165) is 14.9 Å². The molecule has 0 N–H and O–H groups in total. The van der Waals surface area contributed by atoms with Gasteiger partial charge in [-0.3, -0.25) is 4.79 Å². The second-order valence-corrected chi connectivity index (χ2v) is 5.93. The second kappa shape index (κ2) is 4.70. The van der Waals surface area contributed by atoms with Crippen molar-refractivity contribution >= 4 is 33.0 Å². The van der Waals surface area contributed by atoms with Gasteiger partial charge in [0.05, 0.1) is 4.88 Å². The molecule has 0 atom stereocenters. The Morgan fingerprint density at radius 3 is 2.59 bits per heavy atom. The number of halogens is 2. The minimum atomic E-state index is -0.386. The average Bonchev–Trinajstić information content (AvgIpc) is 2.60. The van der Waals surface area contributed by atoms with Crippen LogP contribution in [0.15, 0.2) is 28.7 Å². The zero-order valence-electron chi connectivity index (χ0n) is 9.38. The molecule has 0 aliphatic carbocycles. The third-order valence-electron chi connectivity index (χ3n) is 2.46. The summed E-state index contributed by atoms with van der Waals surface area (Å²) in [5, 5.41) is 0. The number of carbonyl (C=O) groups is 1. The van der Waals surface area contributed by atoms with E-state index in [0.29, 0.717) is 10.4 Å². The molecular weight excluding hydrogens is 303 g/mol. The van der Waals surface area contributed by atoms with Gasteiger partial charge in [0.2, 0.25) is 5.78 Å². The van der Waals surface area contributed by atoms with Gasteiger partial charge in [-0.15, -0.1) is 11.3 Å². The first-order valence-electron chi connectivity index (χ1n) is 5.06. The number of benzene rings is 1. The van der Waals surface area contributed by atoms with Crippen LogP contribution < -0.4 is 0 Å². The molecule has 1 aromatic carbocycles.